The normalized spacial score (nSPS) is 15.3. The third kappa shape index (κ3) is 1.27. The number of hydrogen-bond acceptors (Lipinski definition) is 4. The number of pyridine rings is 1. The van der Waals surface area contributed by atoms with E-state index in [0.717, 1.165) is 23.9 Å². The van der Waals surface area contributed by atoms with E-state index in [9.17, 15) is 0 Å². The number of H-pyrrole nitrogens is 1. The largest absolute Gasteiger partial charge is 0.322 e. The molecule has 0 amide bonds. The number of aromatic amines is 1. The summed E-state index contributed by atoms with van der Waals surface area (Å²) in [5.74, 6) is 0.380. The molecule has 1 aliphatic carbocycles. The Morgan fingerprint density at radius 2 is 2.20 bits per heavy atom. The summed E-state index contributed by atoms with van der Waals surface area (Å²) in [7, 11) is 0. The summed E-state index contributed by atoms with van der Waals surface area (Å²) in [6.45, 7) is 0. The second-order valence-corrected chi connectivity index (χ2v) is 3.85. The van der Waals surface area contributed by atoms with Crippen LogP contribution in [0.5, 0.6) is 0 Å². The van der Waals surface area contributed by atoms with Crippen LogP contribution >= 0.6 is 0 Å². The molecule has 0 atom stereocenters. The van der Waals surface area contributed by atoms with Gasteiger partial charge in [0.15, 0.2) is 0 Å². The lowest BCUT2D eigenvalue weighted by molar-refractivity contribution is 0.383. The number of rotatable bonds is 1. The number of aryl methyl sites for hydroxylation is 2. The Morgan fingerprint density at radius 3 is 3.07 bits per heavy atom. The highest BCUT2D eigenvalue weighted by atomic mass is 16.5. The summed E-state index contributed by atoms with van der Waals surface area (Å²) >= 11 is 0. The van der Waals surface area contributed by atoms with Gasteiger partial charge in [-0.25, -0.2) is 10.5 Å². The van der Waals surface area contributed by atoms with Gasteiger partial charge in [-0.05, 0) is 31.2 Å². The minimum absolute atomic E-state index is 0.380. The average Bonchev–Trinajstić information content (AvgIpc) is 2.72. The number of nitrogens with one attached hydrogen (secondary N) is 2. The molecular formula is C10H12N4O. The van der Waals surface area contributed by atoms with E-state index < -0.39 is 0 Å². The van der Waals surface area contributed by atoms with Gasteiger partial charge in [-0.3, -0.25) is 10.2 Å². The molecule has 0 radical (unpaired) electrons. The number of nitrogens with zero attached hydrogens (tertiary/aromatic N) is 2. The summed E-state index contributed by atoms with van der Waals surface area (Å²) in [4.78, 5) is 11.6. The van der Waals surface area contributed by atoms with Crippen LogP contribution in [-0.4, -0.2) is 20.2 Å². The fourth-order valence-electron chi connectivity index (χ4n) is 2.20. The van der Waals surface area contributed by atoms with Crippen molar-refractivity contribution in [2.24, 2.45) is 0 Å². The van der Waals surface area contributed by atoms with Crippen molar-refractivity contribution in [3.05, 3.63) is 17.5 Å². The van der Waals surface area contributed by atoms with Crippen molar-refractivity contribution in [2.75, 3.05) is 5.48 Å². The number of fused-ring (bicyclic) bond motifs is 3. The van der Waals surface area contributed by atoms with E-state index in [1.54, 1.807) is 6.20 Å². The minimum Gasteiger partial charge on any atom is -0.322 e. The molecule has 0 aliphatic heterocycles. The Labute approximate surface area is 86.5 Å². The highest BCUT2D eigenvalue weighted by Gasteiger charge is 2.15. The monoisotopic (exact) mass is 204 g/mol. The van der Waals surface area contributed by atoms with Gasteiger partial charge < -0.3 is 4.98 Å². The third-order valence-electron chi connectivity index (χ3n) is 2.92. The van der Waals surface area contributed by atoms with Crippen LogP contribution < -0.4 is 5.48 Å². The van der Waals surface area contributed by atoms with Crippen LogP contribution in [0.15, 0.2) is 6.20 Å². The van der Waals surface area contributed by atoms with Gasteiger partial charge in [0.1, 0.15) is 5.52 Å². The van der Waals surface area contributed by atoms with E-state index in [2.05, 4.69) is 15.0 Å². The number of hydrogen-bond donors (Lipinski definition) is 3. The molecule has 3 N–H and O–H groups in total. The Kier molecular flexibility index (Phi) is 1.85. The second kappa shape index (κ2) is 3.20. The smallest absolute Gasteiger partial charge is 0.225 e. The standard InChI is InChI=1S/C10H12N4O/c15-14-10-12-8-5-11-7-4-2-1-3-6(7)9(8)13-10/h5,15H,1-4H2,(H2,12,13,14). The molecule has 0 fully saturated rings. The summed E-state index contributed by atoms with van der Waals surface area (Å²) < 4.78 is 0. The van der Waals surface area contributed by atoms with Crippen LogP contribution in [0.1, 0.15) is 24.1 Å². The molecule has 15 heavy (non-hydrogen) atoms. The first-order chi connectivity index (χ1) is 7.38. The highest BCUT2D eigenvalue weighted by molar-refractivity contribution is 5.80. The van der Waals surface area contributed by atoms with Gasteiger partial charge in [-0.1, -0.05) is 0 Å². The molecule has 2 heterocycles. The zero-order chi connectivity index (χ0) is 10.3. The number of aromatic nitrogens is 3. The van der Waals surface area contributed by atoms with Gasteiger partial charge in [0.25, 0.3) is 0 Å². The van der Waals surface area contributed by atoms with Crippen LogP contribution in [0.25, 0.3) is 11.0 Å². The topological polar surface area (TPSA) is 73.8 Å². The number of anilines is 1. The second-order valence-electron chi connectivity index (χ2n) is 3.85. The molecule has 1 aliphatic rings. The summed E-state index contributed by atoms with van der Waals surface area (Å²) in [6.07, 6.45) is 6.27. The van der Waals surface area contributed by atoms with Crippen LogP contribution in [-0.2, 0) is 12.8 Å². The predicted octanol–water partition coefficient (Wildman–Crippen LogP) is 1.64. The fraction of sp³-hybridized carbons (Fsp3) is 0.400. The van der Waals surface area contributed by atoms with Crippen LogP contribution in [0, 0.1) is 0 Å². The molecule has 2 aromatic heterocycles. The quantitative estimate of drug-likeness (QED) is 0.617. The van der Waals surface area contributed by atoms with E-state index in [-0.39, 0.29) is 0 Å². The number of imidazole rings is 1. The molecule has 5 heteroatoms. The molecule has 0 spiro atoms. The maximum absolute atomic E-state index is 8.78. The zero-order valence-corrected chi connectivity index (χ0v) is 8.25. The van der Waals surface area contributed by atoms with E-state index in [0.29, 0.717) is 5.95 Å². The minimum atomic E-state index is 0.380. The maximum Gasteiger partial charge on any atom is 0.225 e. The van der Waals surface area contributed by atoms with Crippen molar-refractivity contribution < 1.29 is 5.21 Å². The van der Waals surface area contributed by atoms with E-state index in [1.165, 1.54) is 24.1 Å². The lowest BCUT2D eigenvalue weighted by Crippen LogP contribution is -2.05. The van der Waals surface area contributed by atoms with Gasteiger partial charge in [0.05, 0.1) is 11.7 Å². The highest BCUT2D eigenvalue weighted by Crippen LogP contribution is 2.26. The summed E-state index contributed by atoms with van der Waals surface area (Å²) in [6, 6.07) is 0. The van der Waals surface area contributed by atoms with Crippen molar-refractivity contribution in [1.82, 2.24) is 15.0 Å². The Morgan fingerprint density at radius 1 is 1.33 bits per heavy atom. The molecule has 78 valence electrons. The van der Waals surface area contributed by atoms with Crippen LogP contribution in [0.3, 0.4) is 0 Å². The lowest BCUT2D eigenvalue weighted by Gasteiger charge is -2.14. The Bertz CT molecular complexity index is 505. The maximum atomic E-state index is 8.78. The van der Waals surface area contributed by atoms with Gasteiger partial charge in [-0.2, -0.15) is 0 Å². The fourth-order valence-corrected chi connectivity index (χ4v) is 2.20. The summed E-state index contributed by atoms with van der Waals surface area (Å²) in [5.41, 5.74) is 6.28. The molecule has 0 saturated carbocycles. The molecule has 0 bridgehead atoms. The van der Waals surface area contributed by atoms with Crippen LogP contribution in [0.4, 0.5) is 5.95 Å². The molecule has 0 unspecified atom stereocenters. The van der Waals surface area contributed by atoms with E-state index in [4.69, 9.17) is 5.21 Å². The van der Waals surface area contributed by atoms with Gasteiger partial charge >= 0.3 is 0 Å². The zero-order valence-electron chi connectivity index (χ0n) is 8.25. The average molecular weight is 204 g/mol. The van der Waals surface area contributed by atoms with Crippen molar-refractivity contribution in [3.8, 4) is 0 Å². The van der Waals surface area contributed by atoms with Crippen molar-refractivity contribution >= 4 is 17.0 Å². The third-order valence-corrected chi connectivity index (χ3v) is 2.92. The van der Waals surface area contributed by atoms with Gasteiger partial charge in [0, 0.05) is 5.69 Å². The first-order valence-electron chi connectivity index (χ1n) is 5.15. The van der Waals surface area contributed by atoms with Gasteiger partial charge in [0.2, 0.25) is 5.95 Å². The van der Waals surface area contributed by atoms with E-state index in [1.807, 2.05) is 5.48 Å². The SMILES string of the molecule is ONc1nc2cnc3c(c2[nH]1)CCCC3. The molecular weight excluding hydrogens is 192 g/mol. The first-order valence-corrected chi connectivity index (χ1v) is 5.15. The molecule has 3 rings (SSSR count). The predicted molar refractivity (Wildman–Crippen MR) is 55.9 cm³/mol. The molecule has 0 saturated heterocycles. The molecule has 0 aromatic carbocycles. The summed E-state index contributed by atoms with van der Waals surface area (Å²) in [5, 5.41) is 8.78. The van der Waals surface area contributed by atoms with Crippen molar-refractivity contribution in [2.45, 2.75) is 25.7 Å². The Hall–Kier alpha value is -1.62. The van der Waals surface area contributed by atoms with Crippen molar-refractivity contribution in [3.63, 3.8) is 0 Å². The lowest BCUT2D eigenvalue weighted by atomic mass is 9.95. The molecule has 5 nitrogen and oxygen atoms in total. The Balaban J connectivity index is 2.25. The van der Waals surface area contributed by atoms with E-state index >= 15 is 0 Å². The first kappa shape index (κ1) is 8.67. The van der Waals surface area contributed by atoms with Crippen LogP contribution in [0.2, 0.25) is 0 Å². The molecule has 2 aromatic rings. The van der Waals surface area contributed by atoms with Gasteiger partial charge in [-0.15, -0.1) is 0 Å². The van der Waals surface area contributed by atoms with Crippen molar-refractivity contribution in [1.29, 1.82) is 0 Å².